The molecule has 4 heterocycles. The Bertz CT molecular complexity index is 1290. The second-order valence-electron chi connectivity index (χ2n) is 7.73. The molecule has 1 amide bonds. The van der Waals surface area contributed by atoms with Gasteiger partial charge in [-0.05, 0) is 31.4 Å². The fourth-order valence-electron chi connectivity index (χ4n) is 4.38. The minimum Gasteiger partial charge on any atom is -0.338 e. The summed E-state index contributed by atoms with van der Waals surface area (Å²) in [5.41, 5.74) is 1.97. The molecular formula is C22H23N5O2S. The molecule has 1 aliphatic rings. The number of hydrogen-bond acceptors (Lipinski definition) is 5. The number of aryl methyl sites for hydroxylation is 1. The number of rotatable bonds is 4. The third-order valence-electron chi connectivity index (χ3n) is 5.78. The molecule has 0 aliphatic carbocycles. The Balaban J connectivity index is 1.47. The van der Waals surface area contributed by atoms with Gasteiger partial charge >= 0.3 is 0 Å². The molecule has 0 spiro atoms. The summed E-state index contributed by atoms with van der Waals surface area (Å²) < 4.78 is 3.74. The smallest absolute Gasteiger partial charge is 0.271 e. The first-order valence-corrected chi connectivity index (χ1v) is 11.2. The molecule has 1 atom stereocenters. The van der Waals surface area contributed by atoms with Gasteiger partial charge in [0.25, 0.3) is 11.5 Å². The second kappa shape index (κ2) is 7.68. The molecule has 1 aliphatic heterocycles. The molecule has 1 fully saturated rings. The first-order chi connectivity index (χ1) is 14.7. The summed E-state index contributed by atoms with van der Waals surface area (Å²) in [6, 6.07) is 8.19. The normalized spacial score (nSPS) is 17.1. The van der Waals surface area contributed by atoms with Crippen molar-refractivity contribution in [1.29, 1.82) is 0 Å². The summed E-state index contributed by atoms with van der Waals surface area (Å²) in [7, 11) is 0. The number of imidazole rings is 1. The zero-order valence-electron chi connectivity index (χ0n) is 16.8. The van der Waals surface area contributed by atoms with Gasteiger partial charge in [0.2, 0.25) is 0 Å². The number of likely N-dealkylation sites (tertiary alicyclic amines) is 1. The highest BCUT2D eigenvalue weighted by molar-refractivity contribution is 7.15. The van der Waals surface area contributed by atoms with E-state index in [1.165, 1.54) is 21.9 Å². The Morgan fingerprint density at radius 1 is 1.30 bits per heavy atom. The van der Waals surface area contributed by atoms with E-state index in [1.807, 2.05) is 18.2 Å². The topological polar surface area (TPSA) is 72.5 Å². The van der Waals surface area contributed by atoms with Crippen LogP contribution in [-0.2, 0) is 6.54 Å². The maximum absolute atomic E-state index is 13.2. The molecule has 0 N–H and O–H groups in total. The third-order valence-corrected chi connectivity index (χ3v) is 6.55. The predicted octanol–water partition coefficient (Wildman–Crippen LogP) is 3.54. The minimum absolute atomic E-state index is 0.133. The average Bonchev–Trinajstić information content (AvgIpc) is 3.40. The van der Waals surface area contributed by atoms with Gasteiger partial charge in [-0.1, -0.05) is 19.1 Å². The Morgan fingerprint density at radius 2 is 2.17 bits per heavy atom. The third kappa shape index (κ3) is 3.11. The van der Waals surface area contributed by atoms with E-state index in [9.17, 15) is 9.59 Å². The molecule has 3 aromatic heterocycles. The van der Waals surface area contributed by atoms with Crippen LogP contribution in [0, 0.1) is 0 Å². The fraction of sp³-hybridized carbons (Fsp3) is 0.364. The minimum atomic E-state index is -0.299. The number of piperidine rings is 1. The van der Waals surface area contributed by atoms with Crippen LogP contribution in [0.5, 0.6) is 0 Å². The van der Waals surface area contributed by atoms with Crippen LogP contribution in [0.2, 0.25) is 0 Å². The lowest BCUT2D eigenvalue weighted by molar-refractivity contribution is 0.0701. The quantitative estimate of drug-likeness (QED) is 0.505. The molecule has 5 rings (SSSR count). The lowest BCUT2D eigenvalue weighted by atomic mass is 9.96. The largest absolute Gasteiger partial charge is 0.338 e. The molecule has 154 valence electrons. The van der Waals surface area contributed by atoms with Crippen molar-refractivity contribution in [3.63, 3.8) is 0 Å². The van der Waals surface area contributed by atoms with Gasteiger partial charge in [0.1, 0.15) is 11.4 Å². The number of aromatic nitrogens is 4. The van der Waals surface area contributed by atoms with Gasteiger partial charge in [-0.2, -0.15) is 0 Å². The number of fused-ring (bicyclic) bond motifs is 2. The molecule has 0 radical (unpaired) electrons. The van der Waals surface area contributed by atoms with E-state index >= 15 is 0 Å². The summed E-state index contributed by atoms with van der Waals surface area (Å²) in [5.74, 6) is 0.955. The predicted molar refractivity (Wildman–Crippen MR) is 117 cm³/mol. The van der Waals surface area contributed by atoms with E-state index in [0.29, 0.717) is 18.1 Å². The van der Waals surface area contributed by atoms with Crippen LogP contribution in [0.4, 0.5) is 0 Å². The first kappa shape index (κ1) is 19.0. The SMILES string of the molecule is CCCn1c(C2CCCN(C(=O)c3cnc4sccn4c3=O)C2)nc2ccccc21. The number of carbonyl (C=O) groups excluding carboxylic acids is 1. The maximum Gasteiger partial charge on any atom is 0.271 e. The number of nitrogens with zero attached hydrogens (tertiary/aromatic N) is 5. The van der Waals surface area contributed by atoms with E-state index in [1.54, 1.807) is 16.5 Å². The van der Waals surface area contributed by atoms with Crippen LogP contribution in [-0.4, -0.2) is 42.8 Å². The van der Waals surface area contributed by atoms with Crippen molar-refractivity contribution in [3.05, 3.63) is 63.8 Å². The summed E-state index contributed by atoms with van der Waals surface area (Å²) in [6.45, 7) is 4.28. The van der Waals surface area contributed by atoms with E-state index < -0.39 is 0 Å². The van der Waals surface area contributed by atoms with E-state index in [2.05, 4.69) is 22.5 Å². The van der Waals surface area contributed by atoms with Crippen molar-refractivity contribution in [2.75, 3.05) is 13.1 Å². The Hall–Kier alpha value is -3.00. The van der Waals surface area contributed by atoms with Crippen LogP contribution >= 0.6 is 11.3 Å². The fourth-order valence-corrected chi connectivity index (χ4v) is 5.05. The summed E-state index contributed by atoms with van der Waals surface area (Å²) >= 11 is 1.38. The first-order valence-electron chi connectivity index (χ1n) is 10.4. The van der Waals surface area contributed by atoms with Gasteiger partial charge in [0.15, 0.2) is 4.96 Å². The van der Waals surface area contributed by atoms with Gasteiger partial charge in [0, 0.05) is 43.3 Å². The molecule has 7 nitrogen and oxygen atoms in total. The van der Waals surface area contributed by atoms with Crippen molar-refractivity contribution in [2.45, 2.75) is 38.6 Å². The van der Waals surface area contributed by atoms with E-state index in [4.69, 9.17) is 4.98 Å². The molecule has 1 unspecified atom stereocenters. The van der Waals surface area contributed by atoms with Crippen LogP contribution in [0.1, 0.15) is 48.3 Å². The zero-order valence-corrected chi connectivity index (χ0v) is 17.6. The van der Waals surface area contributed by atoms with Crippen molar-refractivity contribution < 1.29 is 4.79 Å². The summed E-state index contributed by atoms with van der Waals surface area (Å²) in [5, 5.41) is 1.80. The number of para-hydroxylation sites is 2. The van der Waals surface area contributed by atoms with Crippen molar-refractivity contribution in [2.24, 2.45) is 0 Å². The maximum atomic E-state index is 13.2. The van der Waals surface area contributed by atoms with Crippen molar-refractivity contribution in [1.82, 2.24) is 23.8 Å². The van der Waals surface area contributed by atoms with Gasteiger partial charge in [-0.3, -0.25) is 14.0 Å². The summed E-state index contributed by atoms with van der Waals surface area (Å²) in [6.07, 6.45) is 5.98. The van der Waals surface area contributed by atoms with Crippen LogP contribution in [0.3, 0.4) is 0 Å². The molecule has 0 saturated carbocycles. The molecule has 8 heteroatoms. The molecule has 1 aromatic carbocycles. The zero-order chi connectivity index (χ0) is 20.7. The second-order valence-corrected chi connectivity index (χ2v) is 8.61. The van der Waals surface area contributed by atoms with Crippen LogP contribution in [0.15, 0.2) is 46.8 Å². The van der Waals surface area contributed by atoms with Crippen molar-refractivity contribution >= 4 is 33.2 Å². The van der Waals surface area contributed by atoms with Gasteiger partial charge in [-0.15, -0.1) is 11.3 Å². The van der Waals surface area contributed by atoms with Gasteiger partial charge in [0.05, 0.1) is 11.0 Å². The van der Waals surface area contributed by atoms with E-state index in [0.717, 1.165) is 42.7 Å². The van der Waals surface area contributed by atoms with Crippen LogP contribution < -0.4 is 5.56 Å². The molecular weight excluding hydrogens is 398 g/mol. The highest BCUT2D eigenvalue weighted by Crippen LogP contribution is 2.30. The Kier molecular flexibility index (Phi) is 4.86. The standard InChI is InChI=1S/C22H23N5O2S/c1-2-9-26-18-8-4-3-7-17(18)24-19(26)15-6-5-10-25(14-15)20(28)16-13-23-22-27(21(16)29)11-12-30-22/h3-4,7-8,11-13,15H,2,5-6,9-10,14H2,1H3. The molecule has 30 heavy (non-hydrogen) atoms. The number of benzene rings is 1. The highest BCUT2D eigenvalue weighted by atomic mass is 32.1. The van der Waals surface area contributed by atoms with E-state index in [-0.39, 0.29) is 22.9 Å². The molecule has 1 saturated heterocycles. The number of amides is 1. The molecule has 0 bridgehead atoms. The van der Waals surface area contributed by atoms with Crippen molar-refractivity contribution in [3.8, 4) is 0 Å². The van der Waals surface area contributed by atoms with Crippen LogP contribution in [0.25, 0.3) is 16.0 Å². The lowest BCUT2D eigenvalue weighted by Crippen LogP contribution is -2.42. The highest BCUT2D eigenvalue weighted by Gasteiger charge is 2.30. The number of thiazole rings is 1. The summed E-state index contributed by atoms with van der Waals surface area (Å²) in [4.78, 5) is 37.5. The molecule has 4 aromatic rings. The Labute approximate surface area is 177 Å². The van der Waals surface area contributed by atoms with Gasteiger partial charge < -0.3 is 9.47 Å². The number of carbonyl (C=O) groups is 1. The lowest BCUT2D eigenvalue weighted by Gasteiger charge is -2.32. The van der Waals surface area contributed by atoms with Gasteiger partial charge in [-0.25, -0.2) is 9.97 Å². The number of hydrogen-bond donors (Lipinski definition) is 0. The average molecular weight is 422 g/mol. The monoisotopic (exact) mass is 421 g/mol. The Morgan fingerprint density at radius 3 is 3.03 bits per heavy atom.